The summed E-state index contributed by atoms with van der Waals surface area (Å²) in [6, 6.07) is 0.444. The van der Waals surface area contributed by atoms with Crippen LogP contribution in [0.3, 0.4) is 0 Å². The Labute approximate surface area is 98.4 Å². The Hall–Kier alpha value is -0.570. The Morgan fingerprint density at radius 2 is 1.88 bits per heavy atom. The topological polar surface area (TPSA) is 41.1 Å². The fourth-order valence-corrected chi connectivity index (χ4v) is 2.62. The molecule has 1 atom stereocenters. The van der Waals surface area contributed by atoms with Crippen molar-refractivity contribution < 1.29 is 4.79 Å². The van der Waals surface area contributed by atoms with E-state index < -0.39 is 0 Å². The molecule has 2 fully saturated rings. The van der Waals surface area contributed by atoms with E-state index in [0.717, 1.165) is 19.0 Å². The van der Waals surface area contributed by atoms with Crippen molar-refractivity contribution >= 4 is 5.91 Å². The molecule has 1 heterocycles. The second kappa shape index (κ2) is 5.17. The number of carbonyl (C=O) groups is 1. The Kier molecular flexibility index (Phi) is 3.85. The second-order valence-corrected chi connectivity index (χ2v) is 5.67. The van der Waals surface area contributed by atoms with E-state index >= 15 is 0 Å². The van der Waals surface area contributed by atoms with E-state index in [9.17, 15) is 4.79 Å². The first kappa shape index (κ1) is 11.9. The van der Waals surface area contributed by atoms with Gasteiger partial charge >= 0.3 is 0 Å². The van der Waals surface area contributed by atoms with Crippen LogP contribution in [0.25, 0.3) is 0 Å². The van der Waals surface area contributed by atoms with Gasteiger partial charge in [-0.2, -0.15) is 0 Å². The second-order valence-electron chi connectivity index (χ2n) is 5.67. The van der Waals surface area contributed by atoms with Crippen LogP contribution in [0, 0.1) is 17.8 Å². The van der Waals surface area contributed by atoms with Gasteiger partial charge in [-0.05, 0) is 50.6 Å². The molecule has 0 radical (unpaired) electrons. The lowest BCUT2D eigenvalue weighted by molar-refractivity contribution is -0.127. The SMILES string of the molecule is CC1CCC(NC(=O)C(C)C2CNC2)CC1. The molecule has 92 valence electrons. The van der Waals surface area contributed by atoms with Crippen LogP contribution in [0.5, 0.6) is 0 Å². The highest BCUT2D eigenvalue weighted by molar-refractivity contribution is 5.79. The van der Waals surface area contributed by atoms with E-state index in [-0.39, 0.29) is 11.8 Å². The van der Waals surface area contributed by atoms with Crippen LogP contribution in [0.1, 0.15) is 39.5 Å². The number of hydrogen-bond donors (Lipinski definition) is 2. The zero-order valence-electron chi connectivity index (χ0n) is 10.5. The molecule has 3 heteroatoms. The molecule has 3 nitrogen and oxygen atoms in total. The lowest BCUT2D eigenvalue weighted by Gasteiger charge is -2.34. The van der Waals surface area contributed by atoms with Crippen LogP contribution in [-0.2, 0) is 4.79 Å². The summed E-state index contributed by atoms with van der Waals surface area (Å²) in [6.07, 6.45) is 4.87. The van der Waals surface area contributed by atoms with Crippen molar-refractivity contribution in [2.75, 3.05) is 13.1 Å². The summed E-state index contributed by atoms with van der Waals surface area (Å²) in [5, 5.41) is 6.45. The molecule has 1 amide bonds. The quantitative estimate of drug-likeness (QED) is 0.763. The standard InChI is InChI=1S/C13H24N2O/c1-9-3-5-12(6-4-9)15-13(16)10(2)11-7-14-8-11/h9-12,14H,3-8H2,1-2H3,(H,15,16). The van der Waals surface area contributed by atoms with Gasteiger partial charge in [-0.25, -0.2) is 0 Å². The van der Waals surface area contributed by atoms with E-state index in [1.54, 1.807) is 0 Å². The van der Waals surface area contributed by atoms with Gasteiger partial charge in [0, 0.05) is 12.0 Å². The number of hydrogen-bond acceptors (Lipinski definition) is 2. The normalized spacial score (nSPS) is 32.9. The van der Waals surface area contributed by atoms with Gasteiger partial charge < -0.3 is 10.6 Å². The van der Waals surface area contributed by atoms with E-state index in [1.165, 1.54) is 25.7 Å². The minimum Gasteiger partial charge on any atom is -0.353 e. The van der Waals surface area contributed by atoms with Crippen molar-refractivity contribution in [1.82, 2.24) is 10.6 Å². The first-order valence-corrected chi connectivity index (χ1v) is 6.68. The highest BCUT2D eigenvalue weighted by atomic mass is 16.1. The van der Waals surface area contributed by atoms with Gasteiger partial charge in [0.15, 0.2) is 0 Å². The third-order valence-electron chi connectivity index (χ3n) is 4.30. The maximum atomic E-state index is 12.0. The Balaban J connectivity index is 1.73. The lowest BCUT2D eigenvalue weighted by atomic mass is 9.85. The molecule has 0 aromatic heterocycles. The Morgan fingerprint density at radius 3 is 2.38 bits per heavy atom. The zero-order chi connectivity index (χ0) is 11.5. The molecule has 1 aliphatic heterocycles. The Morgan fingerprint density at radius 1 is 1.25 bits per heavy atom. The molecule has 16 heavy (non-hydrogen) atoms. The zero-order valence-corrected chi connectivity index (χ0v) is 10.5. The average molecular weight is 224 g/mol. The maximum absolute atomic E-state index is 12.0. The molecule has 1 unspecified atom stereocenters. The number of carbonyl (C=O) groups excluding carboxylic acids is 1. The van der Waals surface area contributed by atoms with Crippen LogP contribution in [-0.4, -0.2) is 25.0 Å². The van der Waals surface area contributed by atoms with Crippen molar-refractivity contribution in [3.05, 3.63) is 0 Å². The van der Waals surface area contributed by atoms with Gasteiger partial charge in [0.2, 0.25) is 5.91 Å². The van der Waals surface area contributed by atoms with Crippen molar-refractivity contribution in [2.45, 2.75) is 45.6 Å². The van der Waals surface area contributed by atoms with E-state index in [1.807, 2.05) is 0 Å². The smallest absolute Gasteiger partial charge is 0.223 e. The summed E-state index contributed by atoms with van der Waals surface area (Å²) in [7, 11) is 0. The summed E-state index contributed by atoms with van der Waals surface area (Å²) in [5.41, 5.74) is 0. The molecule has 2 N–H and O–H groups in total. The van der Waals surface area contributed by atoms with E-state index in [0.29, 0.717) is 12.0 Å². The number of nitrogens with one attached hydrogen (secondary N) is 2. The molecule has 0 spiro atoms. The van der Waals surface area contributed by atoms with Gasteiger partial charge in [0.1, 0.15) is 0 Å². The fraction of sp³-hybridized carbons (Fsp3) is 0.923. The highest BCUT2D eigenvalue weighted by Crippen LogP contribution is 2.24. The van der Waals surface area contributed by atoms with E-state index in [4.69, 9.17) is 0 Å². The first-order valence-electron chi connectivity index (χ1n) is 6.68. The van der Waals surface area contributed by atoms with Crippen LogP contribution in [0.4, 0.5) is 0 Å². The minimum absolute atomic E-state index is 0.181. The van der Waals surface area contributed by atoms with Crippen LogP contribution >= 0.6 is 0 Å². The predicted molar refractivity (Wildman–Crippen MR) is 65.1 cm³/mol. The monoisotopic (exact) mass is 224 g/mol. The molecular weight excluding hydrogens is 200 g/mol. The van der Waals surface area contributed by atoms with Crippen LogP contribution in [0.2, 0.25) is 0 Å². The maximum Gasteiger partial charge on any atom is 0.223 e. The van der Waals surface area contributed by atoms with Gasteiger partial charge in [-0.3, -0.25) is 4.79 Å². The predicted octanol–water partition coefficient (Wildman–Crippen LogP) is 1.54. The molecule has 1 aliphatic carbocycles. The molecule has 2 aliphatic rings. The van der Waals surface area contributed by atoms with Gasteiger partial charge in [0.05, 0.1) is 0 Å². The molecule has 2 rings (SSSR count). The average Bonchev–Trinajstić information content (AvgIpc) is 2.19. The van der Waals surface area contributed by atoms with Crippen molar-refractivity contribution in [3.8, 4) is 0 Å². The first-order chi connectivity index (χ1) is 7.66. The summed E-state index contributed by atoms with van der Waals surface area (Å²) in [4.78, 5) is 12.0. The van der Waals surface area contributed by atoms with Crippen molar-refractivity contribution in [1.29, 1.82) is 0 Å². The minimum atomic E-state index is 0.181. The van der Waals surface area contributed by atoms with Crippen LogP contribution in [0.15, 0.2) is 0 Å². The Bertz CT molecular complexity index is 242. The fourth-order valence-electron chi connectivity index (χ4n) is 2.62. The third-order valence-corrected chi connectivity index (χ3v) is 4.30. The van der Waals surface area contributed by atoms with Gasteiger partial charge in [-0.15, -0.1) is 0 Å². The summed E-state index contributed by atoms with van der Waals surface area (Å²) < 4.78 is 0. The summed E-state index contributed by atoms with van der Waals surface area (Å²) >= 11 is 0. The van der Waals surface area contributed by atoms with Gasteiger partial charge in [0.25, 0.3) is 0 Å². The largest absolute Gasteiger partial charge is 0.353 e. The lowest BCUT2D eigenvalue weighted by Crippen LogP contribution is -2.51. The van der Waals surface area contributed by atoms with Crippen LogP contribution < -0.4 is 10.6 Å². The third kappa shape index (κ3) is 2.76. The molecular formula is C13H24N2O. The van der Waals surface area contributed by atoms with Crippen molar-refractivity contribution in [2.24, 2.45) is 17.8 Å². The number of amides is 1. The number of rotatable bonds is 3. The van der Waals surface area contributed by atoms with E-state index in [2.05, 4.69) is 24.5 Å². The summed E-state index contributed by atoms with van der Waals surface area (Å²) in [6.45, 7) is 6.39. The molecule has 1 saturated carbocycles. The highest BCUT2D eigenvalue weighted by Gasteiger charge is 2.30. The molecule has 1 saturated heterocycles. The molecule has 0 bridgehead atoms. The van der Waals surface area contributed by atoms with Crippen molar-refractivity contribution in [3.63, 3.8) is 0 Å². The molecule has 0 aromatic carbocycles. The summed E-state index contributed by atoms with van der Waals surface area (Å²) in [5.74, 6) is 1.86. The molecule has 0 aromatic rings. The van der Waals surface area contributed by atoms with Gasteiger partial charge in [-0.1, -0.05) is 13.8 Å².